The van der Waals surface area contributed by atoms with Gasteiger partial charge in [-0.05, 0) is 152 Å². The summed E-state index contributed by atoms with van der Waals surface area (Å²) in [7, 11) is 0. The molecule has 0 saturated heterocycles. The van der Waals surface area contributed by atoms with E-state index in [2.05, 4.69) is 177 Å². The van der Waals surface area contributed by atoms with Crippen LogP contribution in [-0.2, 0) is 0 Å². The van der Waals surface area contributed by atoms with Gasteiger partial charge in [0.2, 0.25) is 0 Å². The van der Waals surface area contributed by atoms with E-state index in [1.54, 1.807) is 0 Å². The van der Waals surface area contributed by atoms with Crippen LogP contribution in [0.25, 0.3) is 0 Å². The second-order valence-electron chi connectivity index (χ2n) is 17.1. The predicted molar refractivity (Wildman–Crippen MR) is 244 cm³/mol. The SMILES string of the molecule is Cc1cc(C)c(C(C)C)nc1C.Cc1ccc(C)c(C(C)C)n1.Cc1cnc(C(C)C)c(C)c1.Cc1nc(C)c(C(C)C)nc1C.Cc1ncc(C)c(C(C)C)n1. The van der Waals surface area contributed by atoms with Crippen LogP contribution < -0.4 is 0 Å². The molecule has 0 aromatic carbocycles. The molecule has 0 fully saturated rings. The van der Waals surface area contributed by atoms with Gasteiger partial charge in [0.1, 0.15) is 5.82 Å². The molecule has 0 bridgehead atoms. The van der Waals surface area contributed by atoms with Gasteiger partial charge in [0.25, 0.3) is 0 Å². The standard InChI is InChI=1S/C11H17N.C10H16N2.2C10H15N.C9H14N2/c1-7(2)11-9(4)6-8(3)10(5)12-11;1-6(2)10-9(5)11-7(3)8(4)12-10;1-7(2)10-9(4)5-8(3)6-11-10;1-7(2)10-8(3)5-6-9(4)11-10;1-6(2)9-7(3)5-10-8(4)11-9/h6-7H,1-5H3;6H,1-5H3;2*5-7H,1-4H3;5-6H,1-4H3. The van der Waals surface area contributed by atoms with Gasteiger partial charge in [0, 0.05) is 46.6 Å². The molecule has 0 aliphatic carbocycles. The number of hydrogen-bond donors (Lipinski definition) is 0. The average molecular weight is 776 g/mol. The lowest BCUT2D eigenvalue weighted by Gasteiger charge is -2.10. The van der Waals surface area contributed by atoms with E-state index >= 15 is 0 Å². The molecule has 0 N–H and O–H groups in total. The third kappa shape index (κ3) is 16.9. The van der Waals surface area contributed by atoms with Gasteiger partial charge in [-0.2, -0.15) is 0 Å². The van der Waals surface area contributed by atoms with Crippen molar-refractivity contribution in [3.05, 3.63) is 133 Å². The number of nitrogens with zero attached hydrogens (tertiary/aromatic N) is 7. The Morgan fingerprint density at radius 3 is 1.26 bits per heavy atom. The van der Waals surface area contributed by atoms with Crippen molar-refractivity contribution in [2.45, 2.75) is 182 Å². The molecule has 0 radical (unpaired) electrons. The van der Waals surface area contributed by atoms with Crippen molar-refractivity contribution in [2.75, 3.05) is 0 Å². The second-order valence-corrected chi connectivity index (χ2v) is 17.1. The molecule has 0 aliphatic heterocycles. The molecule has 0 atom stereocenters. The summed E-state index contributed by atoms with van der Waals surface area (Å²) in [5, 5.41) is 0. The fourth-order valence-electron chi connectivity index (χ4n) is 6.42. The Labute approximate surface area is 348 Å². The first-order chi connectivity index (χ1) is 26.4. The van der Waals surface area contributed by atoms with Crippen LogP contribution in [0, 0.1) is 83.1 Å². The van der Waals surface area contributed by atoms with E-state index in [-0.39, 0.29) is 0 Å². The largest absolute Gasteiger partial charge is 0.260 e. The first kappa shape index (κ1) is 50.6. The van der Waals surface area contributed by atoms with Crippen LogP contribution in [0.4, 0.5) is 0 Å². The molecular formula is C50H77N7. The lowest BCUT2D eigenvalue weighted by molar-refractivity contribution is 0.779. The quantitative estimate of drug-likeness (QED) is 0.176. The summed E-state index contributed by atoms with van der Waals surface area (Å²) in [4.78, 5) is 30.8. The summed E-state index contributed by atoms with van der Waals surface area (Å²) in [6.45, 7) is 46.3. The number of pyridine rings is 3. The van der Waals surface area contributed by atoms with Gasteiger partial charge in [-0.15, -0.1) is 0 Å². The number of aryl methyl sites for hydroxylation is 12. The highest BCUT2D eigenvalue weighted by Crippen LogP contribution is 2.20. The molecule has 5 aromatic rings. The maximum atomic E-state index is 4.57. The van der Waals surface area contributed by atoms with E-state index in [1.807, 2.05) is 47.0 Å². The fraction of sp³-hybridized carbons (Fsp3) is 0.540. The molecule has 312 valence electrons. The number of rotatable bonds is 5. The minimum absolute atomic E-state index is 0.469. The van der Waals surface area contributed by atoms with Crippen molar-refractivity contribution in [3.63, 3.8) is 0 Å². The normalized spacial score (nSPS) is 10.7. The summed E-state index contributed by atoms with van der Waals surface area (Å²) in [5.74, 6) is 3.43. The first-order valence-electron chi connectivity index (χ1n) is 20.8. The van der Waals surface area contributed by atoms with Crippen LogP contribution in [0.1, 0.15) is 195 Å². The molecule has 5 rings (SSSR count). The smallest absolute Gasteiger partial charge is 0.125 e. The van der Waals surface area contributed by atoms with Crippen LogP contribution in [0.2, 0.25) is 0 Å². The number of hydrogen-bond acceptors (Lipinski definition) is 7. The van der Waals surface area contributed by atoms with Gasteiger partial charge in [0.15, 0.2) is 0 Å². The minimum atomic E-state index is 0.469. The van der Waals surface area contributed by atoms with Gasteiger partial charge in [-0.25, -0.2) is 9.97 Å². The lowest BCUT2D eigenvalue weighted by Crippen LogP contribution is -2.03. The Morgan fingerprint density at radius 1 is 0.333 bits per heavy atom. The molecule has 5 aromatic heterocycles. The zero-order chi connectivity index (χ0) is 43.9. The van der Waals surface area contributed by atoms with Crippen LogP contribution in [0.3, 0.4) is 0 Å². The Hall–Kier alpha value is -4.39. The van der Waals surface area contributed by atoms with E-state index in [0.29, 0.717) is 29.6 Å². The fourth-order valence-corrected chi connectivity index (χ4v) is 6.42. The molecule has 7 heteroatoms. The highest BCUT2D eigenvalue weighted by atomic mass is 14.9. The molecule has 0 aliphatic rings. The Kier molecular flexibility index (Phi) is 21.1. The van der Waals surface area contributed by atoms with Crippen molar-refractivity contribution in [2.24, 2.45) is 0 Å². The van der Waals surface area contributed by atoms with Gasteiger partial charge in [-0.1, -0.05) is 87.4 Å². The highest BCUT2D eigenvalue weighted by molar-refractivity contribution is 5.30. The van der Waals surface area contributed by atoms with E-state index in [4.69, 9.17) is 0 Å². The van der Waals surface area contributed by atoms with Crippen LogP contribution in [-0.4, -0.2) is 34.9 Å². The average Bonchev–Trinajstić information content (AvgIpc) is 3.10. The van der Waals surface area contributed by atoms with Gasteiger partial charge < -0.3 is 0 Å². The summed E-state index contributed by atoms with van der Waals surface area (Å²) >= 11 is 0. The van der Waals surface area contributed by atoms with Crippen molar-refractivity contribution in [1.82, 2.24) is 34.9 Å². The summed E-state index contributed by atoms with van der Waals surface area (Å²) in [5.41, 5.74) is 19.0. The molecule has 0 spiro atoms. The third-order valence-corrected chi connectivity index (χ3v) is 9.61. The highest BCUT2D eigenvalue weighted by Gasteiger charge is 2.09. The zero-order valence-electron chi connectivity index (χ0n) is 40.0. The van der Waals surface area contributed by atoms with Crippen molar-refractivity contribution >= 4 is 0 Å². The third-order valence-electron chi connectivity index (χ3n) is 9.61. The predicted octanol–water partition coefficient (Wildman–Crippen LogP) is 13.5. The van der Waals surface area contributed by atoms with Crippen LogP contribution >= 0.6 is 0 Å². The minimum Gasteiger partial charge on any atom is -0.260 e. The monoisotopic (exact) mass is 776 g/mol. The molecular weight excluding hydrogens is 699 g/mol. The van der Waals surface area contributed by atoms with Gasteiger partial charge >= 0.3 is 0 Å². The van der Waals surface area contributed by atoms with Gasteiger partial charge in [-0.3, -0.25) is 24.9 Å². The van der Waals surface area contributed by atoms with Crippen molar-refractivity contribution in [3.8, 4) is 0 Å². The lowest BCUT2D eigenvalue weighted by atomic mass is 10.0. The Balaban J connectivity index is 0.000000356. The summed E-state index contributed by atoms with van der Waals surface area (Å²) in [6, 6.07) is 8.60. The topological polar surface area (TPSA) is 90.2 Å². The number of aromatic nitrogens is 7. The van der Waals surface area contributed by atoms with Crippen LogP contribution in [0.15, 0.2) is 36.7 Å². The van der Waals surface area contributed by atoms with Gasteiger partial charge in [0.05, 0.1) is 22.8 Å². The van der Waals surface area contributed by atoms with Crippen molar-refractivity contribution in [1.29, 1.82) is 0 Å². The summed E-state index contributed by atoms with van der Waals surface area (Å²) in [6.07, 6.45) is 3.82. The molecule has 5 heterocycles. The molecule has 0 amide bonds. The molecule has 0 saturated carbocycles. The maximum Gasteiger partial charge on any atom is 0.125 e. The molecule has 0 unspecified atom stereocenters. The maximum absolute atomic E-state index is 4.57. The van der Waals surface area contributed by atoms with Crippen LogP contribution in [0.5, 0.6) is 0 Å². The van der Waals surface area contributed by atoms with E-state index in [1.165, 1.54) is 50.5 Å². The van der Waals surface area contributed by atoms with E-state index in [9.17, 15) is 0 Å². The molecule has 7 nitrogen and oxygen atoms in total. The first-order valence-corrected chi connectivity index (χ1v) is 20.8. The zero-order valence-corrected chi connectivity index (χ0v) is 40.0. The Bertz CT molecular complexity index is 1890. The van der Waals surface area contributed by atoms with E-state index < -0.39 is 0 Å². The van der Waals surface area contributed by atoms with E-state index in [0.717, 1.165) is 45.7 Å². The Morgan fingerprint density at radius 2 is 0.789 bits per heavy atom. The molecule has 57 heavy (non-hydrogen) atoms. The summed E-state index contributed by atoms with van der Waals surface area (Å²) < 4.78 is 0. The van der Waals surface area contributed by atoms with Crippen molar-refractivity contribution < 1.29 is 0 Å². The second kappa shape index (κ2) is 23.7.